The van der Waals surface area contributed by atoms with Crippen LogP contribution in [0.4, 0.5) is 5.69 Å². The van der Waals surface area contributed by atoms with Crippen molar-refractivity contribution in [2.24, 2.45) is 5.92 Å². The molecule has 1 unspecified atom stereocenters. The maximum Gasteiger partial charge on any atom is 0.229 e. The molecule has 1 rings (SSSR count). The van der Waals surface area contributed by atoms with Crippen LogP contribution in [-0.2, 0) is 14.8 Å². The molecule has 0 heterocycles. The molecule has 1 atom stereocenters. The number of hydrogen-bond donors (Lipinski definition) is 1. The Kier molecular flexibility index (Phi) is 5.00. The molecule has 0 saturated heterocycles. The molecule has 1 N–H and O–H groups in total. The van der Waals surface area contributed by atoms with Crippen LogP contribution >= 0.6 is 0 Å². The molecule has 1 aromatic carbocycles. The van der Waals surface area contributed by atoms with Crippen LogP contribution in [0.5, 0.6) is 0 Å². The van der Waals surface area contributed by atoms with E-state index < -0.39 is 21.7 Å². The molecular formula is C13H14N2O4S. The second-order valence-electron chi connectivity index (χ2n) is 4.34. The summed E-state index contributed by atoms with van der Waals surface area (Å²) >= 11 is 0. The second kappa shape index (κ2) is 6.30. The SMILES string of the molecule is CC(=O)C(CC#N)C(=O)c1ccc(NS(C)(=O)=O)cc1. The van der Waals surface area contributed by atoms with Crippen molar-refractivity contribution in [2.45, 2.75) is 13.3 Å². The molecule has 7 heteroatoms. The Morgan fingerprint density at radius 3 is 2.25 bits per heavy atom. The van der Waals surface area contributed by atoms with Gasteiger partial charge in [0.15, 0.2) is 5.78 Å². The van der Waals surface area contributed by atoms with Crippen molar-refractivity contribution < 1.29 is 18.0 Å². The van der Waals surface area contributed by atoms with Gasteiger partial charge < -0.3 is 0 Å². The molecule has 0 aliphatic rings. The minimum Gasteiger partial charge on any atom is -0.299 e. The van der Waals surface area contributed by atoms with Crippen molar-refractivity contribution in [3.63, 3.8) is 0 Å². The van der Waals surface area contributed by atoms with E-state index in [1.807, 2.05) is 6.07 Å². The number of hydrogen-bond acceptors (Lipinski definition) is 5. The Bertz CT molecular complexity index is 657. The fourth-order valence-electron chi connectivity index (χ4n) is 1.63. The van der Waals surface area contributed by atoms with E-state index in [0.29, 0.717) is 5.69 Å². The molecule has 0 aliphatic heterocycles. The van der Waals surface area contributed by atoms with Gasteiger partial charge in [-0.05, 0) is 31.2 Å². The van der Waals surface area contributed by atoms with Crippen LogP contribution in [0.15, 0.2) is 24.3 Å². The largest absolute Gasteiger partial charge is 0.299 e. The molecule has 0 radical (unpaired) electrons. The van der Waals surface area contributed by atoms with Gasteiger partial charge in [0.2, 0.25) is 10.0 Å². The monoisotopic (exact) mass is 294 g/mol. The number of ketones is 2. The third kappa shape index (κ3) is 4.48. The molecule has 0 bridgehead atoms. The van der Waals surface area contributed by atoms with Crippen LogP contribution in [0.25, 0.3) is 0 Å². The van der Waals surface area contributed by atoms with Gasteiger partial charge in [-0.3, -0.25) is 14.3 Å². The molecule has 0 fully saturated rings. The molecule has 0 spiro atoms. The first kappa shape index (κ1) is 15.9. The number of nitrogens with zero attached hydrogens (tertiary/aromatic N) is 1. The molecule has 106 valence electrons. The topological polar surface area (TPSA) is 104 Å². The zero-order chi connectivity index (χ0) is 15.3. The number of carbonyl (C=O) groups excluding carboxylic acids is 2. The van der Waals surface area contributed by atoms with Crippen LogP contribution in [0.2, 0.25) is 0 Å². The van der Waals surface area contributed by atoms with Crippen molar-refractivity contribution >= 4 is 27.3 Å². The van der Waals surface area contributed by atoms with Gasteiger partial charge >= 0.3 is 0 Å². The summed E-state index contributed by atoms with van der Waals surface area (Å²) in [6.07, 6.45) is 0.849. The minimum absolute atomic E-state index is 0.169. The van der Waals surface area contributed by atoms with Crippen LogP contribution in [-0.4, -0.2) is 26.2 Å². The number of rotatable bonds is 6. The van der Waals surface area contributed by atoms with Crippen molar-refractivity contribution in [3.05, 3.63) is 29.8 Å². The number of carbonyl (C=O) groups is 2. The normalized spacial score (nSPS) is 12.2. The van der Waals surface area contributed by atoms with Gasteiger partial charge in [0.1, 0.15) is 5.78 Å². The van der Waals surface area contributed by atoms with E-state index in [4.69, 9.17) is 5.26 Å². The Morgan fingerprint density at radius 2 is 1.85 bits per heavy atom. The molecule has 0 saturated carbocycles. The van der Waals surface area contributed by atoms with E-state index in [0.717, 1.165) is 6.26 Å². The Hall–Kier alpha value is -2.20. The van der Waals surface area contributed by atoms with Crippen LogP contribution < -0.4 is 4.72 Å². The van der Waals surface area contributed by atoms with Gasteiger partial charge in [-0.1, -0.05) is 0 Å². The molecule has 0 aliphatic carbocycles. The number of Topliss-reactive ketones (excluding diaryl/α,β-unsaturated/α-hetero) is 2. The van der Waals surface area contributed by atoms with Gasteiger partial charge in [0.05, 0.1) is 24.7 Å². The molecule has 6 nitrogen and oxygen atoms in total. The number of benzene rings is 1. The van der Waals surface area contributed by atoms with E-state index in [-0.39, 0.29) is 17.8 Å². The van der Waals surface area contributed by atoms with Gasteiger partial charge in [-0.2, -0.15) is 5.26 Å². The maximum atomic E-state index is 12.1. The lowest BCUT2D eigenvalue weighted by Gasteiger charge is -2.09. The van der Waals surface area contributed by atoms with Crippen molar-refractivity contribution in [1.82, 2.24) is 0 Å². The highest BCUT2D eigenvalue weighted by Crippen LogP contribution is 2.16. The summed E-state index contributed by atoms with van der Waals surface area (Å²) in [4.78, 5) is 23.4. The fraction of sp³-hybridized carbons (Fsp3) is 0.308. The van der Waals surface area contributed by atoms with Crippen LogP contribution in [0.3, 0.4) is 0 Å². The Balaban J connectivity index is 2.95. The third-order valence-corrected chi connectivity index (χ3v) is 3.18. The Labute approximate surface area is 117 Å². The van der Waals surface area contributed by atoms with Gasteiger partial charge in [0.25, 0.3) is 0 Å². The first-order valence-corrected chi connectivity index (χ1v) is 7.63. The lowest BCUT2D eigenvalue weighted by Crippen LogP contribution is -2.21. The quantitative estimate of drug-likeness (QED) is 0.630. The number of sulfonamides is 1. The molecular weight excluding hydrogens is 280 g/mol. The third-order valence-electron chi connectivity index (χ3n) is 2.58. The second-order valence-corrected chi connectivity index (χ2v) is 6.09. The van der Waals surface area contributed by atoms with E-state index in [1.165, 1.54) is 31.2 Å². The highest BCUT2D eigenvalue weighted by atomic mass is 32.2. The number of nitriles is 1. The lowest BCUT2D eigenvalue weighted by molar-refractivity contribution is -0.119. The summed E-state index contributed by atoms with van der Waals surface area (Å²) in [5.41, 5.74) is 0.586. The smallest absolute Gasteiger partial charge is 0.229 e. The highest BCUT2D eigenvalue weighted by molar-refractivity contribution is 7.92. The van der Waals surface area contributed by atoms with Crippen LogP contribution in [0, 0.1) is 17.2 Å². The fourth-order valence-corrected chi connectivity index (χ4v) is 2.19. The summed E-state index contributed by atoms with van der Waals surface area (Å²) in [7, 11) is -3.38. The van der Waals surface area contributed by atoms with Crippen molar-refractivity contribution in [3.8, 4) is 6.07 Å². The summed E-state index contributed by atoms with van der Waals surface area (Å²) < 4.78 is 24.4. The molecule has 1 aromatic rings. The zero-order valence-electron chi connectivity index (χ0n) is 11.1. The lowest BCUT2D eigenvalue weighted by atomic mass is 9.92. The van der Waals surface area contributed by atoms with E-state index in [2.05, 4.69) is 4.72 Å². The zero-order valence-corrected chi connectivity index (χ0v) is 11.9. The summed E-state index contributed by atoms with van der Waals surface area (Å²) in [6.45, 7) is 1.26. The first-order valence-electron chi connectivity index (χ1n) is 5.74. The van der Waals surface area contributed by atoms with E-state index in [9.17, 15) is 18.0 Å². The average molecular weight is 294 g/mol. The molecule has 0 amide bonds. The number of nitrogens with one attached hydrogen (secondary N) is 1. The first-order chi connectivity index (χ1) is 9.24. The van der Waals surface area contributed by atoms with Crippen molar-refractivity contribution in [2.75, 3.05) is 11.0 Å². The van der Waals surface area contributed by atoms with Crippen LogP contribution in [0.1, 0.15) is 23.7 Å². The Morgan fingerprint density at radius 1 is 1.30 bits per heavy atom. The minimum atomic E-state index is -3.38. The summed E-state index contributed by atoms with van der Waals surface area (Å²) in [6, 6.07) is 7.51. The maximum absolute atomic E-state index is 12.1. The predicted octanol–water partition coefficient (Wildman–Crippen LogP) is 1.36. The highest BCUT2D eigenvalue weighted by Gasteiger charge is 2.24. The number of anilines is 1. The van der Waals surface area contributed by atoms with Crippen molar-refractivity contribution in [1.29, 1.82) is 5.26 Å². The predicted molar refractivity (Wildman–Crippen MR) is 73.6 cm³/mol. The van der Waals surface area contributed by atoms with Gasteiger partial charge in [-0.15, -0.1) is 0 Å². The standard InChI is InChI=1S/C13H14N2O4S/c1-9(16)12(7-8-14)13(17)10-3-5-11(6-4-10)15-20(2,18)19/h3-6,12,15H,7H2,1-2H3. The van der Waals surface area contributed by atoms with Gasteiger partial charge in [-0.25, -0.2) is 8.42 Å². The van der Waals surface area contributed by atoms with E-state index >= 15 is 0 Å². The summed E-state index contributed by atoms with van der Waals surface area (Å²) in [5.74, 6) is -1.78. The molecule has 20 heavy (non-hydrogen) atoms. The van der Waals surface area contributed by atoms with E-state index in [1.54, 1.807) is 0 Å². The molecule has 0 aromatic heterocycles. The average Bonchev–Trinajstić information content (AvgIpc) is 2.33. The van der Waals surface area contributed by atoms with Gasteiger partial charge in [0, 0.05) is 11.3 Å². The summed E-state index contributed by atoms with van der Waals surface area (Å²) in [5, 5.41) is 8.62.